The van der Waals surface area contributed by atoms with Crippen molar-refractivity contribution in [1.82, 2.24) is 14.7 Å². The summed E-state index contributed by atoms with van der Waals surface area (Å²) in [6.07, 6.45) is 2.44. The van der Waals surface area contributed by atoms with E-state index in [0.29, 0.717) is 18.2 Å². The Labute approximate surface area is 82.3 Å². The molecule has 2 unspecified atom stereocenters. The normalized spacial score (nSPS) is 21.6. The van der Waals surface area contributed by atoms with Crippen LogP contribution in [-0.4, -0.2) is 31.5 Å². The van der Waals surface area contributed by atoms with Gasteiger partial charge in [-0.2, -0.15) is 4.72 Å². The van der Waals surface area contributed by atoms with Crippen LogP contribution in [0.15, 0.2) is 12.4 Å². The van der Waals surface area contributed by atoms with Crippen molar-refractivity contribution in [1.29, 1.82) is 0 Å². The quantitative estimate of drug-likeness (QED) is 0.567. The standard InChI is InChI=1S/C6H8N4O3S/c11-14(12)10-4-3-9-5-6(13-4)8-2-1-7-5/h1-2,4,10H,3H2,(H,7,9)(H,11,12). The molecule has 1 aliphatic heterocycles. The molecule has 1 aromatic heterocycles. The minimum atomic E-state index is -2.10. The number of aromatic nitrogens is 2. The van der Waals surface area contributed by atoms with Gasteiger partial charge in [0.15, 0.2) is 12.0 Å². The Balaban J connectivity index is 2.09. The molecule has 2 atom stereocenters. The minimum absolute atomic E-state index is 0.321. The number of hydrogen-bond donors (Lipinski definition) is 3. The van der Waals surface area contributed by atoms with Crippen LogP contribution in [0.25, 0.3) is 0 Å². The summed E-state index contributed by atoms with van der Waals surface area (Å²) in [4.78, 5) is 7.88. The van der Waals surface area contributed by atoms with E-state index in [1.54, 1.807) is 0 Å². The second kappa shape index (κ2) is 3.86. The van der Waals surface area contributed by atoms with Crippen LogP contribution in [0.3, 0.4) is 0 Å². The molecule has 0 saturated heterocycles. The molecule has 0 fully saturated rings. The van der Waals surface area contributed by atoms with Crippen LogP contribution in [0.4, 0.5) is 5.82 Å². The zero-order valence-electron chi connectivity index (χ0n) is 7.01. The Morgan fingerprint density at radius 3 is 3.21 bits per heavy atom. The first-order valence-electron chi connectivity index (χ1n) is 3.84. The molecule has 0 spiro atoms. The Hall–Kier alpha value is -1.25. The van der Waals surface area contributed by atoms with E-state index < -0.39 is 17.5 Å². The van der Waals surface area contributed by atoms with Gasteiger partial charge < -0.3 is 10.1 Å². The highest BCUT2D eigenvalue weighted by Crippen LogP contribution is 2.21. The van der Waals surface area contributed by atoms with Crippen molar-refractivity contribution < 1.29 is 13.5 Å². The maximum absolute atomic E-state index is 10.4. The van der Waals surface area contributed by atoms with E-state index in [-0.39, 0.29) is 0 Å². The minimum Gasteiger partial charge on any atom is -0.453 e. The monoisotopic (exact) mass is 216 g/mol. The lowest BCUT2D eigenvalue weighted by atomic mass is 10.4. The van der Waals surface area contributed by atoms with E-state index in [1.807, 2.05) is 0 Å². The van der Waals surface area contributed by atoms with E-state index >= 15 is 0 Å². The lowest BCUT2D eigenvalue weighted by Crippen LogP contribution is -2.43. The first kappa shape index (κ1) is 9.31. The zero-order valence-corrected chi connectivity index (χ0v) is 7.82. The summed E-state index contributed by atoms with van der Waals surface area (Å²) in [6, 6.07) is 0. The molecule has 7 nitrogen and oxygen atoms in total. The maximum atomic E-state index is 10.4. The van der Waals surface area contributed by atoms with Gasteiger partial charge in [-0.3, -0.25) is 4.55 Å². The summed E-state index contributed by atoms with van der Waals surface area (Å²) >= 11 is -2.10. The van der Waals surface area contributed by atoms with E-state index in [1.165, 1.54) is 12.4 Å². The van der Waals surface area contributed by atoms with Crippen molar-refractivity contribution in [2.24, 2.45) is 0 Å². The molecule has 0 aromatic carbocycles. The summed E-state index contributed by atoms with van der Waals surface area (Å²) < 4.78 is 26.5. The highest BCUT2D eigenvalue weighted by molar-refractivity contribution is 7.77. The number of hydrogen-bond acceptors (Lipinski definition) is 5. The molecular formula is C6H8N4O3S. The summed E-state index contributed by atoms with van der Waals surface area (Å²) in [7, 11) is 0. The molecular weight excluding hydrogens is 208 g/mol. The predicted octanol–water partition coefficient (Wildman–Crippen LogP) is -0.667. The van der Waals surface area contributed by atoms with Gasteiger partial charge >= 0.3 is 0 Å². The molecule has 0 radical (unpaired) electrons. The van der Waals surface area contributed by atoms with E-state index in [4.69, 9.17) is 9.29 Å². The number of anilines is 1. The summed E-state index contributed by atoms with van der Waals surface area (Å²) in [6.45, 7) is 0.359. The van der Waals surface area contributed by atoms with Crippen molar-refractivity contribution in [3.05, 3.63) is 12.4 Å². The third kappa shape index (κ3) is 1.97. The predicted molar refractivity (Wildman–Crippen MR) is 48.8 cm³/mol. The number of nitrogens with one attached hydrogen (secondary N) is 2. The van der Waals surface area contributed by atoms with Crippen LogP contribution >= 0.6 is 0 Å². The van der Waals surface area contributed by atoms with E-state index in [2.05, 4.69) is 20.0 Å². The first-order valence-corrected chi connectivity index (χ1v) is 4.95. The molecule has 0 aliphatic carbocycles. The first-order chi connectivity index (χ1) is 6.75. The Morgan fingerprint density at radius 1 is 1.64 bits per heavy atom. The average Bonchev–Trinajstić information content (AvgIpc) is 2.17. The highest BCUT2D eigenvalue weighted by Gasteiger charge is 2.21. The number of rotatable bonds is 2. The Bertz CT molecular complexity index is 361. The Morgan fingerprint density at radius 2 is 2.43 bits per heavy atom. The Kier molecular flexibility index (Phi) is 2.57. The molecule has 0 amide bonds. The van der Waals surface area contributed by atoms with Crippen LogP contribution in [0.1, 0.15) is 0 Å². The smallest absolute Gasteiger partial charge is 0.259 e. The van der Waals surface area contributed by atoms with Gasteiger partial charge in [-0.15, -0.1) is 0 Å². The van der Waals surface area contributed by atoms with Crippen molar-refractivity contribution >= 4 is 17.1 Å². The third-order valence-electron chi connectivity index (χ3n) is 1.61. The van der Waals surface area contributed by atoms with Crippen LogP contribution in [0, 0.1) is 0 Å². The summed E-state index contributed by atoms with van der Waals surface area (Å²) in [5.74, 6) is 0.857. The molecule has 8 heteroatoms. The van der Waals surface area contributed by atoms with Crippen LogP contribution in [0.2, 0.25) is 0 Å². The lowest BCUT2D eigenvalue weighted by Gasteiger charge is -2.24. The van der Waals surface area contributed by atoms with Crippen molar-refractivity contribution in [2.75, 3.05) is 11.9 Å². The molecule has 14 heavy (non-hydrogen) atoms. The fraction of sp³-hybridized carbons (Fsp3) is 0.333. The van der Waals surface area contributed by atoms with Crippen molar-refractivity contribution in [3.63, 3.8) is 0 Å². The zero-order chi connectivity index (χ0) is 9.97. The summed E-state index contributed by atoms with van der Waals surface area (Å²) in [5.41, 5.74) is 0. The molecule has 1 aliphatic rings. The van der Waals surface area contributed by atoms with Gasteiger partial charge in [-0.05, 0) is 0 Å². The molecule has 0 bridgehead atoms. The van der Waals surface area contributed by atoms with Crippen molar-refractivity contribution in [2.45, 2.75) is 6.23 Å². The fourth-order valence-electron chi connectivity index (χ4n) is 1.08. The molecule has 2 heterocycles. The maximum Gasteiger partial charge on any atom is 0.259 e. The molecule has 2 rings (SSSR count). The second-order valence-corrected chi connectivity index (χ2v) is 3.30. The van der Waals surface area contributed by atoms with Gasteiger partial charge in [0.25, 0.3) is 5.88 Å². The summed E-state index contributed by atoms with van der Waals surface area (Å²) in [5, 5.41) is 2.91. The van der Waals surface area contributed by atoms with Gasteiger partial charge in [0.2, 0.25) is 11.3 Å². The van der Waals surface area contributed by atoms with Gasteiger partial charge in [-0.25, -0.2) is 14.2 Å². The van der Waals surface area contributed by atoms with Gasteiger partial charge in [0.1, 0.15) is 0 Å². The molecule has 0 saturated carbocycles. The average molecular weight is 216 g/mol. The van der Waals surface area contributed by atoms with Gasteiger partial charge in [-0.1, -0.05) is 0 Å². The number of fused-ring (bicyclic) bond motifs is 1. The van der Waals surface area contributed by atoms with E-state index in [9.17, 15) is 4.21 Å². The van der Waals surface area contributed by atoms with E-state index in [0.717, 1.165) is 0 Å². The van der Waals surface area contributed by atoms with Gasteiger partial charge in [0, 0.05) is 12.4 Å². The number of ether oxygens (including phenoxy) is 1. The second-order valence-electron chi connectivity index (χ2n) is 2.56. The van der Waals surface area contributed by atoms with Gasteiger partial charge in [0.05, 0.1) is 6.54 Å². The third-order valence-corrected chi connectivity index (χ3v) is 2.07. The largest absolute Gasteiger partial charge is 0.453 e. The molecule has 3 N–H and O–H groups in total. The molecule has 76 valence electrons. The number of nitrogens with zero attached hydrogens (tertiary/aromatic N) is 2. The SMILES string of the molecule is O=S(O)NC1CNc2nccnc2O1. The molecule has 1 aromatic rings. The van der Waals surface area contributed by atoms with Crippen LogP contribution in [-0.2, 0) is 11.3 Å². The van der Waals surface area contributed by atoms with Crippen LogP contribution in [0.5, 0.6) is 5.88 Å². The fourth-order valence-corrected chi connectivity index (χ4v) is 1.43. The topological polar surface area (TPSA) is 96.4 Å². The lowest BCUT2D eigenvalue weighted by molar-refractivity contribution is 0.184. The van der Waals surface area contributed by atoms with Crippen LogP contribution < -0.4 is 14.8 Å². The van der Waals surface area contributed by atoms with Crippen molar-refractivity contribution in [3.8, 4) is 5.88 Å². The highest BCUT2D eigenvalue weighted by atomic mass is 32.2.